The number of hydrogen-bond donors (Lipinski definition) is 1. The molecule has 1 aromatic carbocycles. The highest BCUT2D eigenvalue weighted by Gasteiger charge is 2.13. The van der Waals surface area contributed by atoms with Gasteiger partial charge in [0.1, 0.15) is 0 Å². The fraction of sp³-hybridized carbons (Fsp3) is 0.286. The molecule has 0 radical (unpaired) electrons. The summed E-state index contributed by atoms with van der Waals surface area (Å²) in [4.78, 5) is 2.69. The van der Waals surface area contributed by atoms with Crippen molar-refractivity contribution in [1.82, 2.24) is 0 Å². The molecule has 0 fully saturated rings. The molecule has 0 bridgehead atoms. The van der Waals surface area contributed by atoms with Crippen LogP contribution in [0.15, 0.2) is 40.6 Å². The molecule has 90 valence electrons. The van der Waals surface area contributed by atoms with Gasteiger partial charge in [-0.25, -0.2) is 0 Å². The molecule has 2 aromatic rings. The molecule has 1 unspecified atom stereocenters. The lowest BCUT2D eigenvalue weighted by Gasteiger charge is -2.14. The van der Waals surface area contributed by atoms with Crippen LogP contribution >= 0.6 is 23.1 Å². The van der Waals surface area contributed by atoms with Crippen LogP contribution in [0, 0.1) is 13.8 Å². The molecule has 1 atom stereocenters. The van der Waals surface area contributed by atoms with Crippen molar-refractivity contribution in [2.75, 3.05) is 6.54 Å². The Morgan fingerprint density at radius 1 is 1.29 bits per heavy atom. The highest BCUT2D eigenvalue weighted by molar-refractivity contribution is 7.99. The standard InChI is InChI=1S/C14H17NS2/c1-10-5-6-12(11(2)8-10)17-14(9-15)13-4-3-7-16-13/h3-8,14H,9,15H2,1-2H3. The summed E-state index contributed by atoms with van der Waals surface area (Å²) in [6.07, 6.45) is 0. The van der Waals surface area contributed by atoms with Crippen LogP contribution in [0.3, 0.4) is 0 Å². The van der Waals surface area contributed by atoms with Crippen LogP contribution in [0.2, 0.25) is 0 Å². The molecule has 0 aliphatic carbocycles. The number of hydrogen-bond acceptors (Lipinski definition) is 3. The highest BCUT2D eigenvalue weighted by Crippen LogP contribution is 2.38. The zero-order valence-corrected chi connectivity index (χ0v) is 11.8. The Bertz CT molecular complexity index is 477. The second-order valence-corrected chi connectivity index (χ2v) is 6.35. The van der Waals surface area contributed by atoms with Gasteiger partial charge < -0.3 is 5.73 Å². The van der Waals surface area contributed by atoms with E-state index in [2.05, 4.69) is 49.6 Å². The summed E-state index contributed by atoms with van der Waals surface area (Å²) >= 11 is 3.65. The van der Waals surface area contributed by atoms with E-state index in [1.807, 2.05) is 11.8 Å². The van der Waals surface area contributed by atoms with Crippen molar-refractivity contribution in [3.63, 3.8) is 0 Å². The van der Waals surface area contributed by atoms with Gasteiger partial charge in [0.15, 0.2) is 0 Å². The number of benzene rings is 1. The summed E-state index contributed by atoms with van der Waals surface area (Å²) in [6.45, 7) is 4.97. The lowest BCUT2D eigenvalue weighted by atomic mass is 10.2. The lowest BCUT2D eigenvalue weighted by molar-refractivity contribution is 0.959. The van der Waals surface area contributed by atoms with Crippen molar-refractivity contribution >= 4 is 23.1 Å². The highest BCUT2D eigenvalue weighted by atomic mass is 32.2. The molecule has 0 aliphatic rings. The van der Waals surface area contributed by atoms with Crippen LogP contribution in [-0.4, -0.2) is 6.54 Å². The van der Waals surface area contributed by atoms with E-state index in [-0.39, 0.29) is 0 Å². The average molecular weight is 263 g/mol. The average Bonchev–Trinajstić information content (AvgIpc) is 2.81. The van der Waals surface area contributed by atoms with E-state index < -0.39 is 0 Å². The summed E-state index contributed by atoms with van der Waals surface area (Å²) in [5.41, 5.74) is 8.53. The Kier molecular flexibility index (Phi) is 4.26. The fourth-order valence-corrected chi connectivity index (χ4v) is 3.80. The monoisotopic (exact) mass is 263 g/mol. The van der Waals surface area contributed by atoms with Crippen LogP contribution in [0.1, 0.15) is 21.3 Å². The molecule has 0 saturated carbocycles. The van der Waals surface area contributed by atoms with Gasteiger partial charge in [-0.3, -0.25) is 0 Å². The maximum Gasteiger partial charge on any atom is 0.0560 e. The quantitative estimate of drug-likeness (QED) is 0.838. The predicted octanol–water partition coefficient (Wildman–Crippen LogP) is 4.16. The Balaban J connectivity index is 2.19. The zero-order chi connectivity index (χ0) is 12.3. The second kappa shape index (κ2) is 5.71. The van der Waals surface area contributed by atoms with Crippen LogP contribution < -0.4 is 5.73 Å². The van der Waals surface area contributed by atoms with Crippen molar-refractivity contribution in [2.24, 2.45) is 5.73 Å². The first-order chi connectivity index (χ1) is 8.20. The maximum absolute atomic E-state index is 5.88. The van der Waals surface area contributed by atoms with Crippen molar-refractivity contribution in [3.8, 4) is 0 Å². The van der Waals surface area contributed by atoms with Gasteiger partial charge in [0, 0.05) is 16.3 Å². The molecule has 0 saturated heterocycles. The molecule has 0 aliphatic heterocycles. The van der Waals surface area contributed by atoms with Crippen molar-refractivity contribution in [3.05, 3.63) is 51.7 Å². The Morgan fingerprint density at radius 2 is 2.12 bits per heavy atom. The molecule has 2 N–H and O–H groups in total. The summed E-state index contributed by atoms with van der Waals surface area (Å²) in [5, 5.41) is 2.48. The zero-order valence-electron chi connectivity index (χ0n) is 10.1. The van der Waals surface area contributed by atoms with E-state index in [0.29, 0.717) is 11.8 Å². The molecule has 1 aromatic heterocycles. The normalized spacial score (nSPS) is 12.6. The van der Waals surface area contributed by atoms with Crippen molar-refractivity contribution < 1.29 is 0 Å². The van der Waals surface area contributed by atoms with Gasteiger partial charge in [-0.2, -0.15) is 0 Å². The van der Waals surface area contributed by atoms with Crippen LogP contribution in [-0.2, 0) is 0 Å². The van der Waals surface area contributed by atoms with Gasteiger partial charge in [0.2, 0.25) is 0 Å². The number of aryl methyl sites for hydroxylation is 2. The van der Waals surface area contributed by atoms with E-state index in [9.17, 15) is 0 Å². The van der Waals surface area contributed by atoms with E-state index in [1.165, 1.54) is 20.9 Å². The molecule has 17 heavy (non-hydrogen) atoms. The Labute approximate surface area is 111 Å². The van der Waals surface area contributed by atoms with Crippen LogP contribution in [0.5, 0.6) is 0 Å². The molecule has 3 heteroatoms. The first kappa shape index (κ1) is 12.7. The van der Waals surface area contributed by atoms with Gasteiger partial charge in [0.25, 0.3) is 0 Å². The minimum Gasteiger partial charge on any atom is -0.329 e. The third-order valence-electron chi connectivity index (χ3n) is 2.67. The van der Waals surface area contributed by atoms with Gasteiger partial charge in [0.05, 0.1) is 5.25 Å². The molecule has 1 heterocycles. The second-order valence-electron chi connectivity index (χ2n) is 4.13. The third-order valence-corrected chi connectivity index (χ3v) is 5.25. The summed E-state index contributed by atoms with van der Waals surface area (Å²) < 4.78 is 0. The number of rotatable bonds is 4. The lowest BCUT2D eigenvalue weighted by Crippen LogP contribution is -2.08. The predicted molar refractivity (Wildman–Crippen MR) is 77.9 cm³/mol. The van der Waals surface area contributed by atoms with Crippen molar-refractivity contribution in [1.29, 1.82) is 0 Å². The Morgan fingerprint density at radius 3 is 2.71 bits per heavy atom. The van der Waals surface area contributed by atoms with E-state index in [1.54, 1.807) is 11.3 Å². The molecule has 1 nitrogen and oxygen atoms in total. The SMILES string of the molecule is Cc1ccc(SC(CN)c2cccs2)c(C)c1. The first-order valence-electron chi connectivity index (χ1n) is 5.68. The molecule has 0 spiro atoms. The van der Waals surface area contributed by atoms with Crippen LogP contribution in [0.4, 0.5) is 0 Å². The largest absolute Gasteiger partial charge is 0.329 e. The van der Waals surface area contributed by atoms with Crippen molar-refractivity contribution in [2.45, 2.75) is 24.0 Å². The van der Waals surface area contributed by atoms with Gasteiger partial charge in [-0.05, 0) is 36.9 Å². The van der Waals surface area contributed by atoms with Gasteiger partial charge in [-0.1, -0.05) is 23.8 Å². The number of nitrogens with two attached hydrogens (primary N) is 1. The number of thioether (sulfide) groups is 1. The Hall–Kier alpha value is -0.770. The molecule has 0 amide bonds. The molecule has 2 rings (SSSR count). The van der Waals surface area contributed by atoms with E-state index in [4.69, 9.17) is 5.73 Å². The summed E-state index contributed by atoms with van der Waals surface area (Å²) in [6, 6.07) is 10.8. The first-order valence-corrected chi connectivity index (χ1v) is 7.44. The van der Waals surface area contributed by atoms with E-state index in [0.717, 1.165) is 0 Å². The minimum absolute atomic E-state index is 0.372. The fourth-order valence-electron chi connectivity index (χ4n) is 1.78. The summed E-state index contributed by atoms with van der Waals surface area (Å²) in [7, 11) is 0. The summed E-state index contributed by atoms with van der Waals surface area (Å²) in [5.74, 6) is 0. The molecular weight excluding hydrogens is 246 g/mol. The maximum atomic E-state index is 5.88. The van der Waals surface area contributed by atoms with Gasteiger partial charge in [-0.15, -0.1) is 23.1 Å². The minimum atomic E-state index is 0.372. The smallest absolute Gasteiger partial charge is 0.0560 e. The van der Waals surface area contributed by atoms with Gasteiger partial charge >= 0.3 is 0 Å². The number of thiophene rings is 1. The van der Waals surface area contributed by atoms with Crippen LogP contribution in [0.25, 0.3) is 0 Å². The van der Waals surface area contributed by atoms with E-state index >= 15 is 0 Å². The topological polar surface area (TPSA) is 26.0 Å². The third kappa shape index (κ3) is 3.12. The molecular formula is C14H17NS2.